The number of nitrogens with one attached hydrogen (secondary N) is 1. The van der Waals surface area contributed by atoms with Gasteiger partial charge in [-0.3, -0.25) is 9.69 Å². The van der Waals surface area contributed by atoms with Crippen molar-refractivity contribution >= 4 is 11.6 Å². The molecule has 32 heavy (non-hydrogen) atoms. The van der Waals surface area contributed by atoms with E-state index in [2.05, 4.69) is 10.2 Å². The van der Waals surface area contributed by atoms with Gasteiger partial charge >= 0.3 is 0 Å². The van der Waals surface area contributed by atoms with Gasteiger partial charge in [-0.05, 0) is 79.5 Å². The highest BCUT2D eigenvalue weighted by atomic mass is 19.1. The molecule has 0 spiro atoms. The van der Waals surface area contributed by atoms with Gasteiger partial charge in [-0.25, -0.2) is 4.39 Å². The van der Waals surface area contributed by atoms with E-state index in [4.69, 9.17) is 4.74 Å². The molecule has 5 nitrogen and oxygen atoms in total. The van der Waals surface area contributed by atoms with E-state index in [-0.39, 0.29) is 23.4 Å². The maximum Gasteiger partial charge on any atom is 0.227 e. The Hall–Kier alpha value is -3.38. The van der Waals surface area contributed by atoms with Crippen molar-refractivity contribution in [3.63, 3.8) is 0 Å². The summed E-state index contributed by atoms with van der Waals surface area (Å²) in [6.45, 7) is 2.17. The molecule has 0 bridgehead atoms. The van der Waals surface area contributed by atoms with E-state index in [0.717, 1.165) is 42.6 Å². The first-order chi connectivity index (χ1) is 15.5. The van der Waals surface area contributed by atoms with Crippen molar-refractivity contribution in [1.82, 2.24) is 4.90 Å². The van der Waals surface area contributed by atoms with E-state index >= 15 is 0 Å². The van der Waals surface area contributed by atoms with Crippen molar-refractivity contribution in [3.05, 3.63) is 78.1 Å². The Labute approximate surface area is 187 Å². The lowest BCUT2D eigenvalue weighted by Gasteiger charge is -2.31. The zero-order valence-electron chi connectivity index (χ0n) is 18.1. The van der Waals surface area contributed by atoms with Gasteiger partial charge in [0.05, 0.1) is 7.11 Å². The van der Waals surface area contributed by atoms with E-state index in [1.165, 1.54) is 12.1 Å². The van der Waals surface area contributed by atoms with Crippen molar-refractivity contribution in [2.75, 3.05) is 25.5 Å². The van der Waals surface area contributed by atoms with Crippen LogP contribution in [-0.4, -0.2) is 36.1 Å². The van der Waals surface area contributed by atoms with E-state index in [9.17, 15) is 14.3 Å². The topological polar surface area (TPSA) is 61.8 Å². The van der Waals surface area contributed by atoms with Crippen LogP contribution in [0.2, 0.25) is 0 Å². The SMILES string of the molecule is COc1ccc(O)c(CN2CCC(C(=O)Nc3cccc(-c4cccc(F)c4)c3)CC2)c1. The normalized spacial score (nSPS) is 14.8. The van der Waals surface area contributed by atoms with Gasteiger partial charge in [0, 0.05) is 23.7 Å². The average molecular weight is 435 g/mol. The summed E-state index contributed by atoms with van der Waals surface area (Å²) in [5.74, 6) is 0.621. The van der Waals surface area contributed by atoms with Crippen LogP contribution in [0.4, 0.5) is 10.1 Å². The molecule has 2 N–H and O–H groups in total. The fraction of sp³-hybridized carbons (Fsp3) is 0.269. The van der Waals surface area contributed by atoms with Crippen LogP contribution >= 0.6 is 0 Å². The largest absolute Gasteiger partial charge is 0.508 e. The number of rotatable bonds is 6. The molecule has 0 atom stereocenters. The first-order valence-corrected chi connectivity index (χ1v) is 10.8. The fourth-order valence-corrected chi connectivity index (χ4v) is 4.10. The van der Waals surface area contributed by atoms with Crippen molar-refractivity contribution < 1.29 is 19.0 Å². The first kappa shape index (κ1) is 21.8. The number of methoxy groups -OCH3 is 1. The zero-order valence-corrected chi connectivity index (χ0v) is 18.1. The minimum atomic E-state index is -0.286. The molecule has 1 amide bonds. The Morgan fingerprint density at radius 2 is 1.78 bits per heavy atom. The van der Waals surface area contributed by atoms with Crippen molar-refractivity contribution in [3.8, 4) is 22.6 Å². The Kier molecular flexibility index (Phi) is 6.71. The van der Waals surface area contributed by atoms with Crippen molar-refractivity contribution in [1.29, 1.82) is 0 Å². The second kappa shape index (κ2) is 9.83. The lowest BCUT2D eigenvalue weighted by atomic mass is 9.95. The Morgan fingerprint density at radius 3 is 2.50 bits per heavy atom. The van der Waals surface area contributed by atoms with Gasteiger partial charge in [-0.15, -0.1) is 0 Å². The standard InChI is InChI=1S/C26H27FN2O3/c1-32-24-8-9-25(30)21(16-24)17-29-12-10-18(11-13-29)26(31)28-23-7-3-5-20(15-23)19-4-2-6-22(27)14-19/h2-9,14-16,18,30H,10-13,17H2,1H3,(H,28,31). The van der Waals surface area contributed by atoms with E-state index in [1.807, 2.05) is 36.4 Å². The quantitative estimate of drug-likeness (QED) is 0.570. The summed E-state index contributed by atoms with van der Waals surface area (Å²) >= 11 is 0. The number of likely N-dealkylation sites (tertiary alicyclic amines) is 1. The minimum absolute atomic E-state index is 0.00488. The molecule has 3 aromatic carbocycles. The third kappa shape index (κ3) is 5.26. The van der Waals surface area contributed by atoms with Crippen LogP contribution in [0.3, 0.4) is 0 Å². The maximum atomic E-state index is 13.5. The van der Waals surface area contributed by atoms with Gasteiger partial charge in [-0.1, -0.05) is 24.3 Å². The monoisotopic (exact) mass is 434 g/mol. The van der Waals surface area contributed by atoms with Gasteiger partial charge in [0.1, 0.15) is 17.3 Å². The molecule has 0 aliphatic carbocycles. The number of nitrogens with zero attached hydrogens (tertiary/aromatic N) is 1. The predicted octanol–water partition coefficient (Wildman–Crippen LogP) is 5.06. The van der Waals surface area contributed by atoms with Gasteiger partial charge in [0.15, 0.2) is 0 Å². The molecule has 3 aromatic rings. The third-order valence-corrected chi connectivity index (χ3v) is 5.93. The average Bonchev–Trinajstić information content (AvgIpc) is 2.81. The number of anilines is 1. The number of hydrogen-bond acceptors (Lipinski definition) is 4. The molecule has 1 saturated heterocycles. The number of phenols is 1. The summed E-state index contributed by atoms with van der Waals surface area (Å²) in [6, 6.07) is 19.1. The Balaban J connectivity index is 1.34. The second-order valence-corrected chi connectivity index (χ2v) is 8.13. The first-order valence-electron chi connectivity index (χ1n) is 10.8. The number of halogens is 1. The number of ether oxygens (including phenoxy) is 1. The van der Waals surface area contributed by atoms with Crippen LogP contribution < -0.4 is 10.1 Å². The number of benzene rings is 3. The number of phenolic OH excluding ortho intramolecular Hbond substituents is 1. The fourth-order valence-electron chi connectivity index (χ4n) is 4.10. The summed E-state index contributed by atoms with van der Waals surface area (Å²) in [7, 11) is 1.61. The Bertz CT molecular complexity index is 1090. The molecule has 0 unspecified atom stereocenters. The number of piperidine rings is 1. The van der Waals surface area contributed by atoms with E-state index in [1.54, 1.807) is 25.3 Å². The highest BCUT2D eigenvalue weighted by Crippen LogP contribution is 2.28. The number of carbonyl (C=O) groups is 1. The molecule has 1 fully saturated rings. The molecule has 1 heterocycles. The molecule has 1 aliphatic rings. The van der Waals surface area contributed by atoms with E-state index in [0.29, 0.717) is 18.0 Å². The van der Waals surface area contributed by atoms with E-state index < -0.39 is 0 Å². The predicted molar refractivity (Wildman–Crippen MR) is 123 cm³/mol. The number of carbonyl (C=O) groups excluding carboxylic acids is 1. The summed E-state index contributed by atoms with van der Waals surface area (Å²) in [5, 5.41) is 13.1. The minimum Gasteiger partial charge on any atom is -0.508 e. The van der Waals surface area contributed by atoms with Crippen LogP contribution in [-0.2, 0) is 11.3 Å². The molecule has 0 radical (unpaired) electrons. The Morgan fingerprint density at radius 1 is 1.06 bits per heavy atom. The van der Waals surface area contributed by atoms with Gasteiger partial charge in [-0.2, -0.15) is 0 Å². The molecule has 166 valence electrons. The van der Waals surface area contributed by atoms with Crippen molar-refractivity contribution in [2.24, 2.45) is 5.92 Å². The van der Waals surface area contributed by atoms with Gasteiger partial charge in [0.25, 0.3) is 0 Å². The lowest BCUT2D eigenvalue weighted by molar-refractivity contribution is -0.121. The summed E-state index contributed by atoms with van der Waals surface area (Å²) in [6.07, 6.45) is 1.50. The smallest absolute Gasteiger partial charge is 0.227 e. The molecule has 6 heteroatoms. The number of hydrogen-bond donors (Lipinski definition) is 2. The summed E-state index contributed by atoms with van der Waals surface area (Å²) in [5.41, 5.74) is 3.16. The second-order valence-electron chi connectivity index (χ2n) is 8.13. The molecule has 0 saturated carbocycles. The summed E-state index contributed by atoms with van der Waals surface area (Å²) < 4.78 is 18.8. The van der Waals surface area contributed by atoms with Crippen LogP contribution in [0.1, 0.15) is 18.4 Å². The highest BCUT2D eigenvalue weighted by Gasteiger charge is 2.25. The molecule has 1 aliphatic heterocycles. The summed E-state index contributed by atoms with van der Waals surface area (Å²) in [4.78, 5) is 15.1. The lowest BCUT2D eigenvalue weighted by Crippen LogP contribution is -2.37. The maximum absolute atomic E-state index is 13.5. The zero-order chi connectivity index (χ0) is 22.5. The third-order valence-electron chi connectivity index (χ3n) is 5.93. The van der Waals surface area contributed by atoms with Crippen LogP contribution in [0.25, 0.3) is 11.1 Å². The van der Waals surface area contributed by atoms with Crippen LogP contribution in [0, 0.1) is 11.7 Å². The van der Waals surface area contributed by atoms with Crippen molar-refractivity contribution in [2.45, 2.75) is 19.4 Å². The van der Waals surface area contributed by atoms with Gasteiger partial charge in [0.2, 0.25) is 5.91 Å². The van der Waals surface area contributed by atoms with Gasteiger partial charge < -0.3 is 15.2 Å². The number of amides is 1. The molecule has 4 rings (SSSR count). The van der Waals surface area contributed by atoms with Crippen LogP contribution in [0.5, 0.6) is 11.5 Å². The number of aromatic hydroxyl groups is 1. The van der Waals surface area contributed by atoms with Crippen LogP contribution in [0.15, 0.2) is 66.7 Å². The molecular weight excluding hydrogens is 407 g/mol. The molecule has 0 aromatic heterocycles. The highest BCUT2D eigenvalue weighted by molar-refractivity contribution is 5.93. The molecular formula is C26H27FN2O3.